The monoisotopic (exact) mass is 641 g/mol. The van der Waals surface area contributed by atoms with Crippen LogP contribution in [0.2, 0.25) is 0 Å². The molecule has 2 atom stereocenters. The normalized spacial score (nSPS) is 16.2. The molecule has 2 aromatic heterocycles. The number of rotatable bonds is 4. The van der Waals surface area contributed by atoms with Gasteiger partial charge in [0, 0.05) is 33.5 Å². The molecule has 0 saturated heterocycles. The van der Waals surface area contributed by atoms with Crippen LogP contribution in [0.15, 0.2) is 176 Å². The summed E-state index contributed by atoms with van der Waals surface area (Å²) in [4.78, 5) is 16.7. The number of anilines is 2. The predicted molar refractivity (Wildman–Crippen MR) is 204 cm³/mol. The fourth-order valence-corrected chi connectivity index (χ4v) is 7.84. The Morgan fingerprint density at radius 1 is 0.520 bits per heavy atom. The van der Waals surface area contributed by atoms with Gasteiger partial charge in [-0.1, -0.05) is 127 Å². The van der Waals surface area contributed by atoms with E-state index in [4.69, 9.17) is 9.97 Å². The first-order valence-electron chi connectivity index (χ1n) is 17.0. The van der Waals surface area contributed by atoms with Gasteiger partial charge >= 0.3 is 0 Å². The Morgan fingerprint density at radius 3 is 2.14 bits per heavy atom. The van der Waals surface area contributed by atoms with Crippen LogP contribution < -0.4 is 4.90 Å². The summed E-state index contributed by atoms with van der Waals surface area (Å²) in [7, 11) is 0. The van der Waals surface area contributed by atoms with E-state index >= 15 is 0 Å². The molecule has 5 nitrogen and oxygen atoms in total. The minimum absolute atomic E-state index is 0.0324. The molecule has 2 aliphatic rings. The Balaban J connectivity index is 1.13. The average Bonchev–Trinajstić information content (AvgIpc) is 3.46. The fraction of sp³-hybridized carbons (Fsp3) is 0.0444. The van der Waals surface area contributed by atoms with Crippen LogP contribution in [0.25, 0.3) is 61.1 Å². The van der Waals surface area contributed by atoms with Crippen molar-refractivity contribution in [3.63, 3.8) is 0 Å². The van der Waals surface area contributed by atoms with Crippen LogP contribution in [0.3, 0.4) is 0 Å². The molecule has 0 radical (unpaired) electrons. The maximum absolute atomic E-state index is 5.05. The van der Waals surface area contributed by atoms with E-state index in [-0.39, 0.29) is 12.0 Å². The molecule has 0 fully saturated rings. The zero-order valence-electron chi connectivity index (χ0n) is 27.1. The predicted octanol–water partition coefficient (Wildman–Crippen LogP) is 10.7. The minimum atomic E-state index is -0.0324. The van der Waals surface area contributed by atoms with Crippen molar-refractivity contribution in [3.8, 4) is 39.3 Å². The first kappa shape index (κ1) is 28.4. The van der Waals surface area contributed by atoms with Crippen LogP contribution in [0.1, 0.15) is 11.5 Å². The van der Waals surface area contributed by atoms with Crippen molar-refractivity contribution in [1.29, 1.82) is 0 Å². The van der Waals surface area contributed by atoms with E-state index < -0.39 is 0 Å². The third-order valence-corrected chi connectivity index (χ3v) is 10.1. The summed E-state index contributed by atoms with van der Waals surface area (Å²) in [5.41, 5.74) is 11.7. The summed E-state index contributed by atoms with van der Waals surface area (Å²) >= 11 is 0. The highest BCUT2D eigenvalue weighted by atomic mass is 15.3. The van der Waals surface area contributed by atoms with Crippen molar-refractivity contribution in [2.45, 2.75) is 12.0 Å². The quantitative estimate of drug-likeness (QED) is 0.192. The van der Waals surface area contributed by atoms with Crippen molar-refractivity contribution in [2.75, 3.05) is 4.90 Å². The molecule has 0 N–H and O–H groups in total. The van der Waals surface area contributed by atoms with Crippen LogP contribution in [0.4, 0.5) is 11.6 Å². The molecule has 0 amide bonds. The summed E-state index contributed by atoms with van der Waals surface area (Å²) in [5.74, 6) is 1.37. The summed E-state index contributed by atoms with van der Waals surface area (Å²) in [6.45, 7) is 0. The molecule has 8 aromatic rings. The van der Waals surface area contributed by atoms with Crippen LogP contribution in [0, 0.1) is 0 Å². The van der Waals surface area contributed by atoms with Crippen molar-refractivity contribution in [1.82, 2.24) is 19.5 Å². The minimum Gasteiger partial charge on any atom is -0.309 e. The number of hydrogen-bond acceptors (Lipinski definition) is 4. The molecule has 1 aliphatic carbocycles. The van der Waals surface area contributed by atoms with E-state index in [1.165, 1.54) is 44.1 Å². The number of benzene rings is 6. The first-order chi connectivity index (χ1) is 24.8. The lowest BCUT2D eigenvalue weighted by Gasteiger charge is -2.34. The van der Waals surface area contributed by atoms with Crippen molar-refractivity contribution in [3.05, 3.63) is 182 Å². The Morgan fingerprint density at radius 2 is 1.24 bits per heavy atom. The zero-order valence-corrected chi connectivity index (χ0v) is 27.1. The molecule has 0 bridgehead atoms. The van der Waals surface area contributed by atoms with E-state index in [9.17, 15) is 0 Å². The van der Waals surface area contributed by atoms with Gasteiger partial charge < -0.3 is 9.47 Å². The molecule has 10 rings (SSSR count). The van der Waals surface area contributed by atoms with Crippen molar-refractivity contribution < 1.29 is 0 Å². The van der Waals surface area contributed by atoms with E-state index in [1.54, 1.807) is 6.33 Å². The summed E-state index contributed by atoms with van der Waals surface area (Å²) < 4.78 is 2.37. The van der Waals surface area contributed by atoms with Gasteiger partial charge in [-0.3, -0.25) is 0 Å². The van der Waals surface area contributed by atoms with E-state index in [2.05, 4.69) is 154 Å². The topological polar surface area (TPSA) is 46.8 Å². The third kappa shape index (κ3) is 4.51. The average molecular weight is 642 g/mol. The Bertz CT molecular complexity index is 2620. The molecule has 3 heterocycles. The first-order valence-corrected chi connectivity index (χ1v) is 17.0. The Hall–Kier alpha value is -6.59. The fourth-order valence-electron chi connectivity index (χ4n) is 7.84. The molecule has 0 saturated carbocycles. The van der Waals surface area contributed by atoms with E-state index in [1.807, 2.05) is 30.3 Å². The molecule has 236 valence electrons. The summed E-state index contributed by atoms with van der Waals surface area (Å²) in [6, 6.07) is 51.9. The molecule has 6 aromatic carbocycles. The number of nitrogens with zero attached hydrogens (tertiary/aromatic N) is 5. The lowest BCUT2D eigenvalue weighted by molar-refractivity contribution is 0.682. The van der Waals surface area contributed by atoms with Crippen LogP contribution >= 0.6 is 0 Å². The molecular formula is C45H31N5. The van der Waals surface area contributed by atoms with Gasteiger partial charge in [0.1, 0.15) is 6.33 Å². The molecule has 5 heteroatoms. The van der Waals surface area contributed by atoms with Crippen LogP contribution in [-0.4, -0.2) is 25.6 Å². The largest absolute Gasteiger partial charge is 0.309 e. The van der Waals surface area contributed by atoms with Gasteiger partial charge in [-0.15, -0.1) is 0 Å². The number of fused-ring (bicyclic) bond motifs is 8. The second-order valence-electron chi connectivity index (χ2n) is 12.9. The standard InChI is InChI=1S/C45H31N5/c1-3-13-30(14-4-1)44-46-29-47-45(48-44)50-41-21-11-7-17-35(41)34-25-23-31(27-38(34)36-18-8-12-22-42(36)50)32-24-26-43-39(28-32)37-19-9-10-20-40(37)49(43)33-15-5-2-6-16-33/h1-29,36,42H. The second-order valence-corrected chi connectivity index (χ2v) is 12.9. The maximum atomic E-state index is 5.05. The number of allylic oxidation sites excluding steroid dienone is 2. The van der Waals surface area contributed by atoms with Crippen LogP contribution in [0.5, 0.6) is 0 Å². The SMILES string of the molecule is C1=CC2c3cc(-c4ccc5c(c4)c4ccccc4n5-c4ccccc4)ccc3-c3ccccc3N(c3ncnc(-c4ccccc4)n3)C2C=C1. The highest BCUT2D eigenvalue weighted by Crippen LogP contribution is 2.48. The van der Waals surface area contributed by atoms with E-state index in [0.29, 0.717) is 11.8 Å². The molecule has 1 aliphatic heterocycles. The Kier molecular flexibility index (Phi) is 6.56. The third-order valence-electron chi connectivity index (χ3n) is 10.1. The lowest BCUT2D eigenvalue weighted by Crippen LogP contribution is -2.35. The van der Waals surface area contributed by atoms with E-state index in [0.717, 1.165) is 22.5 Å². The number of aromatic nitrogens is 4. The summed E-state index contributed by atoms with van der Waals surface area (Å²) in [6.07, 6.45) is 10.5. The Labute approximate surface area is 290 Å². The molecule has 50 heavy (non-hydrogen) atoms. The van der Waals surface area contributed by atoms with Gasteiger partial charge in [-0.25, -0.2) is 9.97 Å². The maximum Gasteiger partial charge on any atom is 0.234 e. The zero-order chi connectivity index (χ0) is 33.0. The van der Waals surface area contributed by atoms with Gasteiger partial charge in [0.25, 0.3) is 0 Å². The molecule has 0 spiro atoms. The number of hydrogen-bond donors (Lipinski definition) is 0. The highest BCUT2D eigenvalue weighted by molar-refractivity contribution is 6.10. The second kappa shape index (κ2) is 11.5. The number of para-hydroxylation sites is 3. The van der Waals surface area contributed by atoms with Gasteiger partial charge in [-0.2, -0.15) is 4.98 Å². The summed E-state index contributed by atoms with van der Waals surface area (Å²) in [5, 5.41) is 2.50. The molecule has 2 unspecified atom stereocenters. The van der Waals surface area contributed by atoms with Gasteiger partial charge in [0.2, 0.25) is 5.95 Å². The van der Waals surface area contributed by atoms with Crippen molar-refractivity contribution in [2.24, 2.45) is 0 Å². The lowest BCUT2D eigenvalue weighted by atomic mass is 9.83. The van der Waals surface area contributed by atoms with Crippen molar-refractivity contribution >= 4 is 33.4 Å². The van der Waals surface area contributed by atoms with Crippen LogP contribution in [-0.2, 0) is 0 Å². The molecular weight excluding hydrogens is 611 g/mol. The van der Waals surface area contributed by atoms with Gasteiger partial charge in [0.05, 0.1) is 22.8 Å². The van der Waals surface area contributed by atoms with Gasteiger partial charge in [0.15, 0.2) is 5.82 Å². The highest BCUT2D eigenvalue weighted by Gasteiger charge is 2.36. The smallest absolute Gasteiger partial charge is 0.234 e. The van der Waals surface area contributed by atoms with Gasteiger partial charge in [-0.05, 0) is 64.7 Å².